The molecule has 0 aliphatic rings. The number of aliphatic carboxylic acids is 1. The fraction of sp³-hybridized carbons (Fsp3) is 0.583. The highest BCUT2D eigenvalue weighted by molar-refractivity contribution is 5.67. The third-order valence-electron chi connectivity index (χ3n) is 1.94. The lowest BCUT2D eigenvalue weighted by atomic mass is 10.4. The second-order valence-corrected chi connectivity index (χ2v) is 4.21. The Morgan fingerprint density at radius 3 is 2.84 bits per heavy atom. The Morgan fingerprint density at radius 1 is 1.47 bits per heavy atom. The van der Waals surface area contributed by atoms with E-state index in [2.05, 4.69) is 15.3 Å². The molecule has 0 fully saturated rings. The van der Waals surface area contributed by atoms with Gasteiger partial charge in [0.1, 0.15) is 6.61 Å². The van der Waals surface area contributed by atoms with Crippen LogP contribution < -0.4 is 10.1 Å². The highest BCUT2D eigenvalue weighted by Gasteiger charge is 2.04. The summed E-state index contributed by atoms with van der Waals surface area (Å²) in [6, 6.07) is 1.76. The summed E-state index contributed by atoms with van der Waals surface area (Å²) in [6.45, 7) is 6.08. The van der Waals surface area contributed by atoms with Crippen molar-refractivity contribution in [3.05, 3.63) is 11.8 Å². The Morgan fingerprint density at radius 2 is 2.21 bits per heavy atom. The molecule has 0 atom stereocenters. The molecule has 106 valence electrons. The Kier molecular flexibility index (Phi) is 6.01. The maximum atomic E-state index is 10.2. The molecule has 0 unspecified atom stereocenters. The minimum absolute atomic E-state index is 0.0426. The summed E-state index contributed by atoms with van der Waals surface area (Å²) >= 11 is 0. The van der Waals surface area contributed by atoms with Crippen molar-refractivity contribution >= 4 is 11.9 Å². The van der Waals surface area contributed by atoms with Crippen molar-refractivity contribution in [3.8, 4) is 5.88 Å². The number of ether oxygens (including phenoxy) is 2. The topological polar surface area (TPSA) is 93.6 Å². The Bertz CT molecular complexity index is 423. The third-order valence-corrected chi connectivity index (χ3v) is 1.94. The average Bonchev–Trinajstić information content (AvgIpc) is 2.26. The summed E-state index contributed by atoms with van der Waals surface area (Å²) < 4.78 is 10.4. The van der Waals surface area contributed by atoms with Crippen LogP contribution in [0, 0.1) is 6.92 Å². The molecule has 0 amide bonds. The van der Waals surface area contributed by atoms with Crippen LogP contribution >= 0.6 is 0 Å². The van der Waals surface area contributed by atoms with Gasteiger partial charge >= 0.3 is 5.97 Å². The minimum Gasteiger partial charge on any atom is -0.480 e. The second kappa shape index (κ2) is 7.52. The van der Waals surface area contributed by atoms with Gasteiger partial charge in [-0.1, -0.05) is 0 Å². The van der Waals surface area contributed by atoms with Gasteiger partial charge in [0.25, 0.3) is 0 Å². The number of rotatable bonds is 8. The van der Waals surface area contributed by atoms with Gasteiger partial charge in [0, 0.05) is 18.3 Å². The van der Waals surface area contributed by atoms with Crippen LogP contribution in [-0.2, 0) is 9.53 Å². The maximum absolute atomic E-state index is 10.2. The number of hydrogen-bond donors (Lipinski definition) is 2. The summed E-state index contributed by atoms with van der Waals surface area (Å²) in [4.78, 5) is 18.6. The van der Waals surface area contributed by atoms with Crippen molar-refractivity contribution in [3.63, 3.8) is 0 Å². The monoisotopic (exact) mass is 269 g/mol. The van der Waals surface area contributed by atoms with E-state index in [1.807, 2.05) is 20.8 Å². The fourth-order valence-corrected chi connectivity index (χ4v) is 1.32. The van der Waals surface area contributed by atoms with E-state index < -0.39 is 5.97 Å². The van der Waals surface area contributed by atoms with Crippen molar-refractivity contribution in [1.82, 2.24) is 9.97 Å². The highest BCUT2D eigenvalue weighted by atomic mass is 16.5. The molecule has 2 N–H and O–H groups in total. The smallest absolute Gasteiger partial charge is 0.329 e. The van der Waals surface area contributed by atoms with Crippen molar-refractivity contribution < 1.29 is 19.4 Å². The SMILES string of the molecule is Cc1cc(OC(C)C)nc(NCCOCC(=O)O)n1. The maximum Gasteiger partial charge on any atom is 0.329 e. The van der Waals surface area contributed by atoms with Gasteiger partial charge in [-0.05, 0) is 20.8 Å². The van der Waals surface area contributed by atoms with Gasteiger partial charge in [-0.3, -0.25) is 0 Å². The molecule has 7 nitrogen and oxygen atoms in total. The summed E-state index contributed by atoms with van der Waals surface area (Å²) in [5, 5.41) is 11.4. The van der Waals surface area contributed by atoms with Crippen LogP contribution in [0.2, 0.25) is 0 Å². The minimum atomic E-state index is -0.987. The number of aromatic nitrogens is 2. The summed E-state index contributed by atoms with van der Waals surface area (Å²) in [6.07, 6.45) is 0.0426. The van der Waals surface area contributed by atoms with Gasteiger partial charge in [0.2, 0.25) is 11.8 Å². The molecule has 19 heavy (non-hydrogen) atoms. The van der Waals surface area contributed by atoms with Gasteiger partial charge < -0.3 is 19.9 Å². The Hall–Kier alpha value is -1.89. The Balaban J connectivity index is 2.44. The molecular formula is C12H19N3O4. The zero-order valence-corrected chi connectivity index (χ0v) is 11.3. The van der Waals surface area contributed by atoms with Gasteiger partial charge in [-0.2, -0.15) is 4.98 Å². The van der Waals surface area contributed by atoms with E-state index in [9.17, 15) is 4.79 Å². The molecule has 0 bridgehead atoms. The quantitative estimate of drug-likeness (QED) is 0.682. The average molecular weight is 269 g/mol. The lowest BCUT2D eigenvalue weighted by molar-refractivity contribution is -0.142. The van der Waals surface area contributed by atoms with Crippen molar-refractivity contribution in [2.75, 3.05) is 25.1 Å². The molecule has 1 rings (SSSR count). The molecule has 1 heterocycles. The molecule has 0 aliphatic carbocycles. The standard InChI is InChI=1S/C12H19N3O4/c1-8(2)19-10-6-9(3)14-12(15-10)13-4-5-18-7-11(16)17/h6,8H,4-5,7H2,1-3H3,(H,16,17)(H,13,14,15). The van der Waals surface area contributed by atoms with Crippen molar-refractivity contribution in [1.29, 1.82) is 0 Å². The van der Waals surface area contributed by atoms with Crippen LogP contribution in [0.15, 0.2) is 6.07 Å². The van der Waals surface area contributed by atoms with E-state index in [4.69, 9.17) is 14.6 Å². The molecule has 0 saturated carbocycles. The van der Waals surface area contributed by atoms with Crippen LogP contribution in [0.3, 0.4) is 0 Å². The van der Waals surface area contributed by atoms with E-state index >= 15 is 0 Å². The van der Waals surface area contributed by atoms with Crippen LogP contribution in [0.25, 0.3) is 0 Å². The summed E-state index contributed by atoms with van der Waals surface area (Å²) in [5.41, 5.74) is 0.791. The third kappa shape index (κ3) is 6.56. The summed E-state index contributed by atoms with van der Waals surface area (Å²) in [5.74, 6) is -0.0366. The lowest BCUT2D eigenvalue weighted by Gasteiger charge is -2.11. The molecule has 0 saturated heterocycles. The van der Waals surface area contributed by atoms with Crippen LogP contribution in [0.5, 0.6) is 5.88 Å². The molecule has 1 aromatic heterocycles. The summed E-state index contributed by atoms with van der Waals surface area (Å²) in [7, 11) is 0. The van der Waals surface area contributed by atoms with E-state index in [-0.39, 0.29) is 19.3 Å². The van der Waals surface area contributed by atoms with E-state index in [0.29, 0.717) is 18.4 Å². The van der Waals surface area contributed by atoms with E-state index in [0.717, 1.165) is 5.69 Å². The van der Waals surface area contributed by atoms with E-state index in [1.165, 1.54) is 0 Å². The van der Waals surface area contributed by atoms with Crippen LogP contribution in [0.1, 0.15) is 19.5 Å². The highest BCUT2D eigenvalue weighted by Crippen LogP contribution is 2.13. The molecule has 0 spiro atoms. The first kappa shape index (κ1) is 15.2. The zero-order valence-electron chi connectivity index (χ0n) is 11.3. The molecule has 0 aliphatic heterocycles. The van der Waals surface area contributed by atoms with Gasteiger partial charge in [0.15, 0.2) is 0 Å². The predicted molar refractivity (Wildman–Crippen MR) is 69.5 cm³/mol. The van der Waals surface area contributed by atoms with Gasteiger partial charge in [0.05, 0.1) is 12.7 Å². The fourth-order valence-electron chi connectivity index (χ4n) is 1.32. The van der Waals surface area contributed by atoms with Crippen molar-refractivity contribution in [2.24, 2.45) is 0 Å². The van der Waals surface area contributed by atoms with Crippen LogP contribution in [-0.4, -0.2) is 46.9 Å². The number of anilines is 1. The molecule has 0 aromatic carbocycles. The number of nitrogens with zero attached hydrogens (tertiary/aromatic N) is 2. The number of hydrogen-bond acceptors (Lipinski definition) is 6. The largest absolute Gasteiger partial charge is 0.480 e. The zero-order chi connectivity index (χ0) is 14.3. The molecule has 1 aromatic rings. The second-order valence-electron chi connectivity index (χ2n) is 4.21. The van der Waals surface area contributed by atoms with Crippen molar-refractivity contribution in [2.45, 2.75) is 26.9 Å². The number of nitrogens with one attached hydrogen (secondary N) is 1. The molecule has 0 radical (unpaired) electrons. The molecule has 7 heteroatoms. The number of carboxylic acids is 1. The Labute approximate surface area is 112 Å². The predicted octanol–water partition coefficient (Wildman–Crippen LogP) is 1.09. The lowest BCUT2D eigenvalue weighted by Crippen LogP contribution is -2.16. The van der Waals surface area contributed by atoms with Gasteiger partial charge in [-0.15, -0.1) is 0 Å². The first-order valence-corrected chi connectivity index (χ1v) is 6.03. The normalized spacial score (nSPS) is 10.5. The number of carbonyl (C=O) groups is 1. The van der Waals surface area contributed by atoms with Crippen LogP contribution in [0.4, 0.5) is 5.95 Å². The first-order valence-electron chi connectivity index (χ1n) is 6.03. The molecular weight excluding hydrogens is 250 g/mol. The number of aryl methyl sites for hydroxylation is 1. The van der Waals surface area contributed by atoms with Gasteiger partial charge in [-0.25, -0.2) is 9.78 Å². The number of carboxylic acid groups (broad SMARTS) is 1. The first-order chi connectivity index (χ1) is 8.97. The van der Waals surface area contributed by atoms with E-state index in [1.54, 1.807) is 6.07 Å².